The van der Waals surface area contributed by atoms with Crippen molar-refractivity contribution in [2.45, 2.75) is 10.8 Å². The zero-order valence-electron chi connectivity index (χ0n) is 9.04. The number of rotatable bonds is 4. The van der Waals surface area contributed by atoms with Crippen molar-refractivity contribution in [3.8, 4) is 0 Å². The molecule has 0 unspecified atom stereocenters. The fraction of sp³-hybridized carbons (Fsp3) is 0.0833. The molecule has 17 heavy (non-hydrogen) atoms. The molecule has 2 N–H and O–H groups in total. The first-order chi connectivity index (χ1) is 8.25. The molecular formula is C12H11N3OS. The van der Waals surface area contributed by atoms with Gasteiger partial charge in [0.1, 0.15) is 10.7 Å². The van der Waals surface area contributed by atoms with E-state index >= 15 is 0 Å². The normalized spacial score (nSPS) is 10.1. The lowest BCUT2D eigenvalue weighted by Gasteiger charge is -2.01. The molecule has 0 aliphatic carbocycles. The fourth-order valence-corrected chi connectivity index (χ4v) is 2.07. The highest BCUT2D eigenvalue weighted by molar-refractivity contribution is 7.98. The Kier molecular flexibility index (Phi) is 3.72. The molecule has 5 heteroatoms. The highest BCUT2D eigenvalue weighted by atomic mass is 32.2. The third-order valence-corrected chi connectivity index (χ3v) is 3.06. The minimum atomic E-state index is -0.556. The Morgan fingerprint density at radius 1 is 1.24 bits per heavy atom. The van der Waals surface area contributed by atoms with Crippen LogP contribution in [0.4, 0.5) is 0 Å². The number of benzene rings is 1. The molecule has 0 saturated heterocycles. The maximum absolute atomic E-state index is 10.9. The molecule has 2 rings (SSSR count). The number of amides is 1. The number of carbonyl (C=O) groups is 1. The first kappa shape index (κ1) is 11.6. The van der Waals surface area contributed by atoms with Crippen LogP contribution in [0.1, 0.15) is 16.1 Å². The summed E-state index contributed by atoms with van der Waals surface area (Å²) in [6.45, 7) is 0. The van der Waals surface area contributed by atoms with E-state index in [-0.39, 0.29) is 5.69 Å². The van der Waals surface area contributed by atoms with Gasteiger partial charge in [0.25, 0.3) is 5.91 Å². The fourth-order valence-electron chi connectivity index (χ4n) is 1.27. The summed E-state index contributed by atoms with van der Waals surface area (Å²) < 4.78 is 0. The average molecular weight is 245 g/mol. The van der Waals surface area contributed by atoms with Gasteiger partial charge in [-0.15, -0.1) is 11.8 Å². The Balaban J connectivity index is 2.04. The second kappa shape index (κ2) is 5.45. The number of hydrogen-bond acceptors (Lipinski definition) is 4. The molecule has 4 nitrogen and oxygen atoms in total. The monoisotopic (exact) mass is 245 g/mol. The zero-order chi connectivity index (χ0) is 12.1. The Morgan fingerprint density at radius 3 is 2.71 bits per heavy atom. The number of primary amides is 1. The molecule has 86 valence electrons. The van der Waals surface area contributed by atoms with Gasteiger partial charge in [0.2, 0.25) is 0 Å². The summed E-state index contributed by atoms with van der Waals surface area (Å²) in [5.74, 6) is 0.234. The minimum absolute atomic E-state index is 0.197. The van der Waals surface area contributed by atoms with E-state index in [0.29, 0.717) is 5.03 Å². The average Bonchev–Trinajstić information content (AvgIpc) is 2.38. The summed E-state index contributed by atoms with van der Waals surface area (Å²) in [4.78, 5) is 19.0. The molecular weight excluding hydrogens is 234 g/mol. The number of thioether (sulfide) groups is 1. The second-order valence-electron chi connectivity index (χ2n) is 3.38. The SMILES string of the molecule is NC(=O)c1cncc(SCc2ccccc2)n1. The van der Waals surface area contributed by atoms with Crippen LogP contribution in [-0.4, -0.2) is 15.9 Å². The number of carbonyl (C=O) groups excluding carboxylic acids is 1. The first-order valence-corrected chi connectivity index (χ1v) is 6.03. The summed E-state index contributed by atoms with van der Waals surface area (Å²) in [7, 11) is 0. The standard InChI is InChI=1S/C12H11N3OS/c13-12(16)10-6-14-7-11(15-10)17-8-9-4-2-1-3-5-9/h1-7H,8H2,(H2,13,16). The molecule has 0 spiro atoms. The van der Waals surface area contributed by atoms with Crippen molar-refractivity contribution in [3.05, 3.63) is 54.0 Å². The molecule has 0 bridgehead atoms. The van der Waals surface area contributed by atoms with Crippen molar-refractivity contribution in [1.82, 2.24) is 9.97 Å². The van der Waals surface area contributed by atoms with E-state index in [9.17, 15) is 4.79 Å². The summed E-state index contributed by atoms with van der Waals surface area (Å²) in [5, 5.41) is 0.699. The van der Waals surface area contributed by atoms with E-state index in [2.05, 4.69) is 9.97 Å². The van der Waals surface area contributed by atoms with E-state index in [1.54, 1.807) is 6.20 Å². The molecule has 0 radical (unpaired) electrons. The smallest absolute Gasteiger partial charge is 0.268 e. The zero-order valence-corrected chi connectivity index (χ0v) is 9.85. The quantitative estimate of drug-likeness (QED) is 0.835. The van der Waals surface area contributed by atoms with E-state index in [0.717, 1.165) is 5.75 Å². The number of nitrogens with two attached hydrogens (primary N) is 1. The Labute approximate surface area is 103 Å². The molecule has 2 aromatic rings. The first-order valence-electron chi connectivity index (χ1n) is 5.04. The lowest BCUT2D eigenvalue weighted by atomic mass is 10.2. The number of aromatic nitrogens is 2. The third kappa shape index (κ3) is 3.29. The van der Waals surface area contributed by atoms with Gasteiger partial charge < -0.3 is 5.73 Å². The van der Waals surface area contributed by atoms with Gasteiger partial charge in [0.05, 0.1) is 12.4 Å². The summed E-state index contributed by atoms with van der Waals surface area (Å²) in [5.41, 5.74) is 6.53. The van der Waals surface area contributed by atoms with Gasteiger partial charge in [-0.3, -0.25) is 9.78 Å². The molecule has 0 saturated carbocycles. The molecule has 0 fully saturated rings. The predicted octanol–water partition coefficient (Wildman–Crippen LogP) is 1.87. The van der Waals surface area contributed by atoms with E-state index < -0.39 is 5.91 Å². The van der Waals surface area contributed by atoms with Gasteiger partial charge in [-0.2, -0.15) is 0 Å². The van der Waals surface area contributed by atoms with Gasteiger partial charge >= 0.3 is 0 Å². The highest BCUT2D eigenvalue weighted by Crippen LogP contribution is 2.19. The van der Waals surface area contributed by atoms with Crippen LogP contribution < -0.4 is 5.73 Å². The number of hydrogen-bond donors (Lipinski definition) is 1. The van der Waals surface area contributed by atoms with Crippen molar-refractivity contribution in [1.29, 1.82) is 0 Å². The lowest BCUT2D eigenvalue weighted by molar-refractivity contribution is 0.0994. The molecule has 0 atom stereocenters. The van der Waals surface area contributed by atoms with E-state index in [4.69, 9.17) is 5.73 Å². The topological polar surface area (TPSA) is 68.9 Å². The minimum Gasteiger partial charge on any atom is -0.364 e. The Morgan fingerprint density at radius 2 is 2.00 bits per heavy atom. The maximum atomic E-state index is 10.9. The lowest BCUT2D eigenvalue weighted by Crippen LogP contribution is -2.13. The van der Waals surface area contributed by atoms with Crippen LogP contribution in [-0.2, 0) is 5.75 Å². The Hall–Kier alpha value is -1.88. The van der Waals surface area contributed by atoms with Crippen molar-refractivity contribution in [3.63, 3.8) is 0 Å². The Bertz CT molecular complexity index is 516. The molecule has 1 amide bonds. The van der Waals surface area contributed by atoms with Crippen LogP contribution in [0, 0.1) is 0 Å². The van der Waals surface area contributed by atoms with Gasteiger partial charge in [-0.05, 0) is 5.56 Å². The van der Waals surface area contributed by atoms with Crippen molar-refractivity contribution < 1.29 is 4.79 Å². The van der Waals surface area contributed by atoms with Gasteiger partial charge in [-0.1, -0.05) is 30.3 Å². The van der Waals surface area contributed by atoms with Crippen molar-refractivity contribution in [2.24, 2.45) is 5.73 Å². The molecule has 0 aliphatic rings. The predicted molar refractivity (Wildman–Crippen MR) is 66.6 cm³/mol. The molecule has 0 aliphatic heterocycles. The summed E-state index contributed by atoms with van der Waals surface area (Å²) >= 11 is 1.52. The van der Waals surface area contributed by atoms with Gasteiger partial charge in [0.15, 0.2) is 0 Å². The summed E-state index contributed by atoms with van der Waals surface area (Å²) in [6.07, 6.45) is 2.99. The van der Waals surface area contributed by atoms with Gasteiger partial charge in [0, 0.05) is 5.75 Å². The third-order valence-electron chi connectivity index (χ3n) is 2.09. The highest BCUT2D eigenvalue weighted by Gasteiger charge is 2.04. The van der Waals surface area contributed by atoms with E-state index in [1.807, 2.05) is 30.3 Å². The second-order valence-corrected chi connectivity index (χ2v) is 4.38. The van der Waals surface area contributed by atoms with Crippen LogP contribution in [0.2, 0.25) is 0 Å². The molecule has 1 aromatic carbocycles. The van der Waals surface area contributed by atoms with Crippen LogP contribution >= 0.6 is 11.8 Å². The molecule has 1 heterocycles. The largest absolute Gasteiger partial charge is 0.364 e. The van der Waals surface area contributed by atoms with Crippen LogP contribution in [0.5, 0.6) is 0 Å². The van der Waals surface area contributed by atoms with Crippen molar-refractivity contribution >= 4 is 17.7 Å². The van der Waals surface area contributed by atoms with E-state index in [1.165, 1.54) is 23.5 Å². The van der Waals surface area contributed by atoms with Crippen LogP contribution in [0.25, 0.3) is 0 Å². The van der Waals surface area contributed by atoms with Crippen LogP contribution in [0.3, 0.4) is 0 Å². The maximum Gasteiger partial charge on any atom is 0.268 e. The summed E-state index contributed by atoms with van der Waals surface area (Å²) in [6, 6.07) is 10.0. The molecule has 1 aromatic heterocycles. The van der Waals surface area contributed by atoms with Gasteiger partial charge in [-0.25, -0.2) is 4.98 Å². The number of nitrogens with zero attached hydrogens (tertiary/aromatic N) is 2. The van der Waals surface area contributed by atoms with Crippen molar-refractivity contribution in [2.75, 3.05) is 0 Å². The van der Waals surface area contributed by atoms with Crippen LogP contribution in [0.15, 0.2) is 47.8 Å².